The minimum absolute atomic E-state index is 0.0267. The summed E-state index contributed by atoms with van der Waals surface area (Å²) in [6, 6.07) is 6.74. The van der Waals surface area contributed by atoms with Gasteiger partial charge in [-0.2, -0.15) is 0 Å². The van der Waals surface area contributed by atoms with Crippen molar-refractivity contribution in [3.8, 4) is 0 Å². The molecule has 0 radical (unpaired) electrons. The number of hydrogen-bond acceptors (Lipinski definition) is 5. The van der Waals surface area contributed by atoms with Crippen LogP contribution in [0, 0.1) is 17.3 Å². The topological polar surface area (TPSA) is 151 Å². The molecule has 2 fully saturated rings. The van der Waals surface area contributed by atoms with Gasteiger partial charge >= 0.3 is 6.03 Å². The third kappa shape index (κ3) is 8.92. The number of benzene rings is 1. The van der Waals surface area contributed by atoms with Crippen LogP contribution in [0.15, 0.2) is 43.0 Å². The number of amides is 5. The van der Waals surface area contributed by atoms with Crippen molar-refractivity contribution in [1.29, 1.82) is 0 Å². The van der Waals surface area contributed by atoms with Crippen LogP contribution in [0.25, 0.3) is 0 Å². The molecule has 0 spiro atoms. The average Bonchev–Trinajstić information content (AvgIpc) is 3.41. The van der Waals surface area contributed by atoms with Crippen molar-refractivity contribution in [2.75, 3.05) is 6.54 Å². The normalized spacial score (nSPS) is 21.2. The highest BCUT2D eigenvalue weighted by Gasteiger charge is 2.46. The quantitative estimate of drug-likeness (QED) is 0.211. The molecule has 1 unspecified atom stereocenters. The van der Waals surface area contributed by atoms with Crippen LogP contribution in [-0.4, -0.2) is 64.6 Å². The molecule has 5 N–H and O–H groups in total. The molecule has 1 saturated carbocycles. The van der Waals surface area contributed by atoms with Crippen molar-refractivity contribution in [3.05, 3.63) is 48.6 Å². The zero-order valence-electron chi connectivity index (χ0n) is 27.0. The molecule has 1 aromatic rings. The van der Waals surface area contributed by atoms with E-state index >= 15 is 0 Å². The number of carbonyl (C=O) groups is 5. The third-order valence-corrected chi connectivity index (χ3v) is 9.10. The lowest BCUT2D eigenvalue weighted by molar-refractivity contribution is -0.143. The van der Waals surface area contributed by atoms with E-state index in [2.05, 4.69) is 34.7 Å². The predicted molar refractivity (Wildman–Crippen MR) is 170 cm³/mol. The van der Waals surface area contributed by atoms with Crippen molar-refractivity contribution in [2.45, 2.75) is 110 Å². The van der Waals surface area contributed by atoms with Crippen LogP contribution in [0.3, 0.4) is 0 Å². The minimum Gasteiger partial charge on any atom is -0.363 e. The molecule has 1 saturated heterocycles. The molecule has 0 bridgehead atoms. The number of Topliss-reactive ketones (excluding diaryl/α,β-unsaturated/α-hetero) is 1. The van der Waals surface area contributed by atoms with Gasteiger partial charge in [-0.3, -0.25) is 19.2 Å². The highest BCUT2D eigenvalue weighted by molar-refractivity contribution is 6.37. The van der Waals surface area contributed by atoms with E-state index in [0.29, 0.717) is 19.4 Å². The Balaban J connectivity index is 1.83. The fraction of sp³-hybridized carbons (Fsp3) is 0.618. The summed E-state index contributed by atoms with van der Waals surface area (Å²) in [4.78, 5) is 67.0. The van der Waals surface area contributed by atoms with Gasteiger partial charge in [0.25, 0.3) is 5.91 Å². The van der Waals surface area contributed by atoms with Crippen LogP contribution < -0.4 is 21.7 Å². The first-order chi connectivity index (χ1) is 20.7. The summed E-state index contributed by atoms with van der Waals surface area (Å²) >= 11 is 0. The van der Waals surface area contributed by atoms with E-state index in [1.165, 1.54) is 11.0 Å². The molecule has 0 aromatic heterocycles. The molecular formula is C34H51N5O5. The molecule has 2 aliphatic rings. The van der Waals surface area contributed by atoms with Crippen LogP contribution in [0.2, 0.25) is 0 Å². The molecule has 44 heavy (non-hydrogen) atoms. The lowest BCUT2D eigenvalue weighted by atomic mass is 9.77. The van der Waals surface area contributed by atoms with Crippen molar-refractivity contribution in [2.24, 2.45) is 23.0 Å². The number of nitrogens with zero attached hydrogens (tertiary/aromatic N) is 1. The number of rotatable bonds is 12. The molecule has 1 aliphatic heterocycles. The smallest absolute Gasteiger partial charge is 0.315 e. The predicted octanol–water partition coefficient (Wildman–Crippen LogP) is 3.63. The number of carbonyl (C=O) groups excluding carboxylic acids is 5. The van der Waals surface area contributed by atoms with Crippen LogP contribution in [0.1, 0.15) is 85.1 Å². The number of nitrogens with one attached hydrogen (secondary N) is 3. The average molecular weight is 610 g/mol. The number of urea groups is 1. The van der Waals surface area contributed by atoms with Crippen molar-refractivity contribution >= 4 is 29.5 Å². The Morgan fingerprint density at radius 2 is 1.68 bits per heavy atom. The molecule has 1 aliphatic carbocycles. The van der Waals surface area contributed by atoms with E-state index in [1.807, 2.05) is 52.8 Å². The van der Waals surface area contributed by atoms with Crippen molar-refractivity contribution < 1.29 is 24.0 Å². The van der Waals surface area contributed by atoms with Crippen molar-refractivity contribution in [1.82, 2.24) is 20.9 Å². The standard InChI is InChI=1S/C34H51N5O5/c1-7-14-25(27(40)29(35)41)36-30(42)26-19-24(22(2)3)21-39(26)31(43)28(33(4,5)6)37-32(44)38-34(17-12-9-13-18-34)20-23-15-10-8-11-16-23/h7-8,10-11,15-16,22,24-26,28H,1,9,12-14,17-21H2,2-6H3,(H2,35,41)(H,36,42)(H2,37,38,44)/t24-,25?,26+,28-/m1/s1. The van der Waals surface area contributed by atoms with Gasteiger partial charge in [0.05, 0.1) is 0 Å². The van der Waals surface area contributed by atoms with Crippen LogP contribution in [0.5, 0.6) is 0 Å². The monoisotopic (exact) mass is 609 g/mol. The van der Waals surface area contributed by atoms with Crippen LogP contribution in [0.4, 0.5) is 4.79 Å². The van der Waals surface area contributed by atoms with Gasteiger partial charge in [0, 0.05) is 12.1 Å². The van der Waals surface area contributed by atoms with E-state index in [-0.39, 0.29) is 24.2 Å². The van der Waals surface area contributed by atoms with Gasteiger partial charge in [-0.05, 0) is 54.9 Å². The second-order valence-corrected chi connectivity index (χ2v) is 14.0. The summed E-state index contributed by atoms with van der Waals surface area (Å²) < 4.78 is 0. The Morgan fingerprint density at radius 3 is 2.23 bits per heavy atom. The summed E-state index contributed by atoms with van der Waals surface area (Å²) in [6.45, 7) is 13.7. The van der Waals surface area contributed by atoms with Gasteiger partial charge in [-0.15, -0.1) is 6.58 Å². The Labute approximate surface area is 262 Å². The first-order valence-electron chi connectivity index (χ1n) is 15.9. The van der Waals surface area contributed by atoms with E-state index in [4.69, 9.17) is 5.73 Å². The highest BCUT2D eigenvalue weighted by atomic mass is 16.2. The molecule has 242 valence electrons. The van der Waals surface area contributed by atoms with Crippen LogP contribution >= 0.6 is 0 Å². The number of hydrogen-bond donors (Lipinski definition) is 4. The SMILES string of the molecule is C=CCC(NC(=O)[C@@H]1C[C@@H](C(C)C)CN1C(=O)[C@@H](NC(=O)NC1(Cc2ccccc2)CCCCC1)C(C)(C)C)C(=O)C(N)=O. The molecule has 1 heterocycles. The largest absolute Gasteiger partial charge is 0.363 e. The second kappa shape index (κ2) is 14.9. The summed E-state index contributed by atoms with van der Waals surface area (Å²) in [5.74, 6) is -2.75. The minimum atomic E-state index is -1.16. The number of nitrogens with two attached hydrogens (primary N) is 1. The first-order valence-corrected chi connectivity index (χ1v) is 15.9. The van der Waals surface area contributed by atoms with Gasteiger partial charge in [0.1, 0.15) is 18.1 Å². The van der Waals surface area contributed by atoms with E-state index in [9.17, 15) is 24.0 Å². The number of primary amides is 1. The van der Waals surface area contributed by atoms with Gasteiger partial charge in [0.2, 0.25) is 17.6 Å². The maximum atomic E-state index is 14.3. The van der Waals surface area contributed by atoms with Gasteiger partial charge in [-0.1, -0.05) is 90.3 Å². The first kappa shape index (κ1) is 34.8. The van der Waals surface area contributed by atoms with E-state index in [0.717, 1.165) is 37.7 Å². The molecule has 5 amide bonds. The lowest BCUT2D eigenvalue weighted by Gasteiger charge is -2.40. The summed E-state index contributed by atoms with van der Waals surface area (Å²) in [6.07, 6.45) is 7.40. The Hall–Kier alpha value is -3.69. The van der Waals surface area contributed by atoms with Crippen LogP contribution in [-0.2, 0) is 25.6 Å². The number of ketones is 1. The summed E-state index contributed by atoms with van der Waals surface area (Å²) in [7, 11) is 0. The Kier molecular flexibility index (Phi) is 11.8. The highest BCUT2D eigenvalue weighted by Crippen LogP contribution is 2.34. The lowest BCUT2D eigenvalue weighted by Crippen LogP contribution is -2.62. The Bertz CT molecular complexity index is 1200. The Morgan fingerprint density at radius 1 is 1.05 bits per heavy atom. The zero-order valence-corrected chi connectivity index (χ0v) is 27.0. The summed E-state index contributed by atoms with van der Waals surface area (Å²) in [5, 5.41) is 8.88. The molecule has 10 heteroatoms. The maximum absolute atomic E-state index is 14.3. The fourth-order valence-corrected chi connectivity index (χ4v) is 6.47. The van der Waals surface area contributed by atoms with E-state index in [1.54, 1.807) is 0 Å². The molecule has 10 nitrogen and oxygen atoms in total. The maximum Gasteiger partial charge on any atom is 0.315 e. The number of likely N-dealkylation sites (tertiary alicyclic amines) is 1. The fourth-order valence-electron chi connectivity index (χ4n) is 6.47. The van der Waals surface area contributed by atoms with Gasteiger partial charge in [0.15, 0.2) is 0 Å². The molecule has 1 aromatic carbocycles. The molecular weight excluding hydrogens is 558 g/mol. The summed E-state index contributed by atoms with van der Waals surface area (Å²) in [5.41, 5.74) is 5.26. The third-order valence-electron chi connectivity index (χ3n) is 9.10. The van der Waals surface area contributed by atoms with E-state index < -0.39 is 52.7 Å². The van der Waals surface area contributed by atoms with Gasteiger partial charge in [-0.25, -0.2) is 4.79 Å². The van der Waals surface area contributed by atoms with Gasteiger partial charge < -0.3 is 26.6 Å². The molecule has 3 rings (SSSR count). The second-order valence-electron chi connectivity index (χ2n) is 14.0. The zero-order chi connectivity index (χ0) is 32.7. The molecule has 4 atom stereocenters. The van der Waals surface area contributed by atoms with Crippen molar-refractivity contribution in [3.63, 3.8) is 0 Å².